The first-order chi connectivity index (χ1) is 13.0. The van der Waals surface area contributed by atoms with Crippen LogP contribution in [0, 0.1) is 5.82 Å². The molecule has 6 nitrogen and oxygen atoms in total. The zero-order valence-corrected chi connectivity index (χ0v) is 16.4. The summed E-state index contributed by atoms with van der Waals surface area (Å²) in [5.74, 6) is 0.527. The highest BCUT2D eigenvalue weighted by molar-refractivity contribution is 7.17. The molecule has 3 aromatic rings. The number of ether oxygens (including phenoxy) is 1. The molecule has 1 aliphatic rings. The van der Waals surface area contributed by atoms with Crippen LogP contribution in [0.15, 0.2) is 24.3 Å². The number of morpholine rings is 1. The Bertz CT molecular complexity index is 929. The van der Waals surface area contributed by atoms with Crippen LogP contribution >= 0.6 is 11.3 Å². The molecular formula is C19H23FN4O2S. The van der Waals surface area contributed by atoms with Crippen molar-refractivity contribution >= 4 is 16.3 Å². The van der Waals surface area contributed by atoms with Crippen molar-refractivity contribution in [3.05, 3.63) is 46.3 Å². The number of hydrogen-bond acceptors (Lipinski definition) is 6. The third-order valence-electron chi connectivity index (χ3n) is 4.81. The fourth-order valence-corrected chi connectivity index (χ4v) is 4.86. The first-order valence-corrected chi connectivity index (χ1v) is 10.00. The Kier molecular flexibility index (Phi) is 4.88. The quantitative estimate of drug-likeness (QED) is 0.740. The van der Waals surface area contributed by atoms with E-state index in [-0.39, 0.29) is 29.9 Å². The Balaban J connectivity index is 1.81. The molecule has 4 rings (SSSR count). The van der Waals surface area contributed by atoms with Gasteiger partial charge in [-0.3, -0.25) is 4.90 Å². The topological polar surface area (TPSA) is 62.9 Å². The second kappa shape index (κ2) is 7.18. The Morgan fingerprint density at radius 2 is 1.93 bits per heavy atom. The van der Waals surface area contributed by atoms with Gasteiger partial charge in [0.2, 0.25) is 10.8 Å². The van der Waals surface area contributed by atoms with Gasteiger partial charge in [0.1, 0.15) is 5.82 Å². The van der Waals surface area contributed by atoms with Crippen LogP contribution in [0.4, 0.5) is 4.39 Å². The van der Waals surface area contributed by atoms with Crippen molar-refractivity contribution in [2.45, 2.75) is 45.4 Å². The lowest BCUT2D eigenvalue weighted by molar-refractivity contribution is -0.0764. The maximum absolute atomic E-state index is 13.5. The second-order valence-electron chi connectivity index (χ2n) is 7.03. The largest absolute Gasteiger partial charge is 0.492 e. The zero-order valence-electron chi connectivity index (χ0n) is 15.6. The van der Waals surface area contributed by atoms with Crippen molar-refractivity contribution < 1.29 is 14.2 Å². The first kappa shape index (κ1) is 18.3. The van der Waals surface area contributed by atoms with Crippen molar-refractivity contribution in [3.8, 4) is 5.88 Å². The van der Waals surface area contributed by atoms with E-state index in [0.29, 0.717) is 17.2 Å². The number of benzene rings is 1. The van der Waals surface area contributed by atoms with Crippen molar-refractivity contribution in [2.75, 3.05) is 13.1 Å². The molecule has 8 heteroatoms. The lowest BCUT2D eigenvalue weighted by atomic mass is 10.0. The van der Waals surface area contributed by atoms with E-state index in [4.69, 9.17) is 4.74 Å². The molecule has 0 aliphatic carbocycles. The Labute approximate surface area is 161 Å². The summed E-state index contributed by atoms with van der Waals surface area (Å²) in [6.45, 7) is 7.51. The van der Waals surface area contributed by atoms with Crippen LogP contribution in [0.1, 0.15) is 43.1 Å². The average molecular weight is 390 g/mol. The van der Waals surface area contributed by atoms with Crippen molar-refractivity contribution in [3.63, 3.8) is 0 Å². The number of halogens is 1. The highest BCUT2D eigenvalue weighted by Gasteiger charge is 2.34. The summed E-state index contributed by atoms with van der Waals surface area (Å²) in [4.78, 5) is 8.19. The molecule has 27 heavy (non-hydrogen) atoms. The van der Waals surface area contributed by atoms with Gasteiger partial charge in [-0.2, -0.15) is 4.52 Å². The highest BCUT2D eigenvalue weighted by Crippen LogP contribution is 2.40. The van der Waals surface area contributed by atoms with Gasteiger partial charge in [-0.25, -0.2) is 9.37 Å². The predicted molar refractivity (Wildman–Crippen MR) is 102 cm³/mol. The van der Waals surface area contributed by atoms with E-state index in [0.717, 1.165) is 23.5 Å². The minimum atomic E-state index is -0.277. The molecule has 1 saturated heterocycles. The fourth-order valence-electron chi connectivity index (χ4n) is 3.72. The number of thiazole rings is 1. The number of aromatic hydroxyl groups is 1. The average Bonchev–Trinajstić information content (AvgIpc) is 3.16. The van der Waals surface area contributed by atoms with Gasteiger partial charge in [-0.1, -0.05) is 30.4 Å². The van der Waals surface area contributed by atoms with Crippen LogP contribution in [0.5, 0.6) is 5.88 Å². The maximum atomic E-state index is 13.5. The van der Waals surface area contributed by atoms with E-state index in [9.17, 15) is 9.50 Å². The molecule has 0 bridgehead atoms. The van der Waals surface area contributed by atoms with Gasteiger partial charge in [0.25, 0.3) is 0 Å². The van der Waals surface area contributed by atoms with E-state index in [1.54, 1.807) is 12.1 Å². The number of aromatic nitrogens is 3. The van der Waals surface area contributed by atoms with E-state index < -0.39 is 0 Å². The van der Waals surface area contributed by atoms with E-state index in [1.165, 1.54) is 28.0 Å². The summed E-state index contributed by atoms with van der Waals surface area (Å²) in [5.41, 5.74) is 0.924. The van der Waals surface area contributed by atoms with Gasteiger partial charge in [-0.05, 0) is 31.5 Å². The minimum absolute atomic E-state index is 0.0766. The highest BCUT2D eigenvalue weighted by atomic mass is 32.1. The molecule has 0 amide bonds. The maximum Gasteiger partial charge on any atom is 0.230 e. The predicted octanol–water partition coefficient (Wildman–Crippen LogP) is 3.40. The standard InChI is InChI=1S/C19H23FN4O2S/c1-4-15-21-19-24(22-15)18(25)17(27-19)16(13-5-7-14(20)8-6-13)23-9-11(2)26-12(3)10-23/h5-8,11-12,16,25H,4,9-10H2,1-3H3/t11-,12-,16+/m1/s1. The third-order valence-corrected chi connectivity index (χ3v) is 5.88. The number of fused-ring (bicyclic) bond motifs is 1. The molecule has 0 saturated carbocycles. The van der Waals surface area contributed by atoms with Gasteiger partial charge in [-0.15, -0.1) is 5.10 Å². The van der Waals surface area contributed by atoms with E-state index in [1.807, 2.05) is 20.8 Å². The molecule has 1 fully saturated rings. The van der Waals surface area contributed by atoms with Crippen LogP contribution in [-0.2, 0) is 11.2 Å². The van der Waals surface area contributed by atoms with Crippen LogP contribution in [0.3, 0.4) is 0 Å². The summed E-state index contributed by atoms with van der Waals surface area (Å²) >= 11 is 1.43. The zero-order chi connectivity index (χ0) is 19.1. The summed E-state index contributed by atoms with van der Waals surface area (Å²) < 4.78 is 20.9. The number of aryl methyl sites for hydroxylation is 1. The van der Waals surface area contributed by atoms with Crippen LogP contribution < -0.4 is 0 Å². The molecule has 1 aliphatic heterocycles. The summed E-state index contributed by atoms with van der Waals surface area (Å²) in [6, 6.07) is 6.25. The lowest BCUT2D eigenvalue weighted by Gasteiger charge is -2.40. The summed E-state index contributed by atoms with van der Waals surface area (Å²) in [5, 5.41) is 15.3. The van der Waals surface area contributed by atoms with Gasteiger partial charge in [0.15, 0.2) is 5.82 Å². The number of nitrogens with zero attached hydrogens (tertiary/aromatic N) is 4. The second-order valence-corrected chi connectivity index (χ2v) is 8.04. The molecule has 0 spiro atoms. The van der Waals surface area contributed by atoms with E-state index >= 15 is 0 Å². The van der Waals surface area contributed by atoms with Crippen LogP contribution in [-0.4, -0.2) is 49.9 Å². The van der Waals surface area contributed by atoms with Gasteiger partial charge >= 0.3 is 0 Å². The Morgan fingerprint density at radius 1 is 1.26 bits per heavy atom. The van der Waals surface area contributed by atoms with Crippen LogP contribution in [0.2, 0.25) is 0 Å². The van der Waals surface area contributed by atoms with Crippen molar-refractivity contribution in [1.29, 1.82) is 0 Å². The number of hydrogen-bond donors (Lipinski definition) is 1. The van der Waals surface area contributed by atoms with Crippen molar-refractivity contribution in [2.24, 2.45) is 0 Å². The smallest absolute Gasteiger partial charge is 0.230 e. The van der Waals surface area contributed by atoms with Crippen LogP contribution in [0.25, 0.3) is 4.96 Å². The van der Waals surface area contributed by atoms with Gasteiger partial charge in [0.05, 0.1) is 23.1 Å². The lowest BCUT2D eigenvalue weighted by Crippen LogP contribution is -2.47. The Morgan fingerprint density at radius 3 is 2.52 bits per heavy atom. The molecule has 144 valence electrons. The van der Waals surface area contributed by atoms with Gasteiger partial charge < -0.3 is 9.84 Å². The molecule has 1 N–H and O–H groups in total. The van der Waals surface area contributed by atoms with E-state index in [2.05, 4.69) is 15.0 Å². The normalized spacial score (nSPS) is 22.4. The monoisotopic (exact) mass is 390 g/mol. The first-order valence-electron chi connectivity index (χ1n) is 9.18. The summed E-state index contributed by atoms with van der Waals surface area (Å²) in [7, 11) is 0. The molecule has 1 aromatic carbocycles. The molecule has 2 aromatic heterocycles. The molecular weight excluding hydrogens is 367 g/mol. The molecule has 0 radical (unpaired) electrons. The van der Waals surface area contributed by atoms with Crippen molar-refractivity contribution in [1.82, 2.24) is 19.5 Å². The fraction of sp³-hybridized carbons (Fsp3) is 0.474. The van der Waals surface area contributed by atoms with Gasteiger partial charge in [0, 0.05) is 19.5 Å². The molecule has 3 heterocycles. The molecule has 0 unspecified atom stereocenters. The summed E-state index contributed by atoms with van der Waals surface area (Å²) in [6.07, 6.45) is 0.865. The number of rotatable bonds is 4. The SMILES string of the molecule is CCc1nc2sc([C@H](c3ccc(F)cc3)N3C[C@@H](C)O[C@H](C)C3)c(O)n2n1. The minimum Gasteiger partial charge on any atom is -0.492 e. The Hall–Kier alpha value is -2.03. The third kappa shape index (κ3) is 3.44. The molecule has 3 atom stereocenters.